The molecule has 0 radical (unpaired) electrons. The number of rotatable bonds is 8. The van der Waals surface area contributed by atoms with Crippen LogP contribution in [0, 0.1) is 6.92 Å². The molecule has 0 heterocycles. The number of carbonyl (C=O) groups is 2. The Morgan fingerprint density at radius 2 is 1.65 bits per heavy atom. The molecule has 0 aliphatic rings. The molecule has 0 saturated heterocycles. The maximum absolute atomic E-state index is 12.5. The van der Waals surface area contributed by atoms with Crippen LogP contribution < -0.4 is 15.4 Å². The topological polar surface area (TPSA) is 67.4 Å². The average molecular weight is 354 g/mol. The molecule has 2 aromatic carbocycles. The van der Waals surface area contributed by atoms with Gasteiger partial charge in [-0.2, -0.15) is 0 Å². The van der Waals surface area contributed by atoms with Crippen LogP contribution in [0.3, 0.4) is 0 Å². The van der Waals surface area contributed by atoms with Crippen molar-refractivity contribution in [3.05, 3.63) is 54.1 Å². The number of ether oxygens (including phenoxy) is 1. The summed E-state index contributed by atoms with van der Waals surface area (Å²) in [6.07, 6.45) is 1.22. The summed E-state index contributed by atoms with van der Waals surface area (Å²) in [6.45, 7) is 5.86. The Balaban J connectivity index is 2.00. The zero-order valence-electron chi connectivity index (χ0n) is 15.5. The van der Waals surface area contributed by atoms with Crippen LogP contribution in [0.2, 0.25) is 0 Å². The van der Waals surface area contributed by atoms with Crippen LogP contribution in [0.4, 0.5) is 11.4 Å². The first-order valence-electron chi connectivity index (χ1n) is 8.96. The lowest BCUT2D eigenvalue weighted by molar-refractivity contribution is -0.122. The Hall–Kier alpha value is -2.82. The van der Waals surface area contributed by atoms with Gasteiger partial charge in [0, 0.05) is 17.8 Å². The van der Waals surface area contributed by atoms with E-state index >= 15 is 0 Å². The van der Waals surface area contributed by atoms with Gasteiger partial charge in [0.25, 0.3) is 5.91 Å². The molecule has 2 N–H and O–H groups in total. The first kappa shape index (κ1) is 19.5. The van der Waals surface area contributed by atoms with Gasteiger partial charge in [0.15, 0.2) is 6.10 Å². The minimum atomic E-state index is -0.587. The van der Waals surface area contributed by atoms with E-state index in [1.54, 1.807) is 24.3 Å². The highest BCUT2D eigenvalue weighted by atomic mass is 16.5. The molecule has 0 aromatic heterocycles. The zero-order valence-corrected chi connectivity index (χ0v) is 15.5. The molecule has 2 aromatic rings. The van der Waals surface area contributed by atoms with Crippen molar-refractivity contribution in [3.8, 4) is 5.75 Å². The SMILES string of the molecule is CCCC(=O)Nc1cccc(NC(=O)[C@@H](CC)Oc2ccc(C)cc2)c1. The summed E-state index contributed by atoms with van der Waals surface area (Å²) >= 11 is 0. The molecule has 0 saturated carbocycles. The van der Waals surface area contributed by atoms with Crippen LogP contribution in [-0.2, 0) is 9.59 Å². The molecule has 0 aliphatic carbocycles. The maximum atomic E-state index is 12.5. The number of benzene rings is 2. The summed E-state index contributed by atoms with van der Waals surface area (Å²) in [7, 11) is 0. The van der Waals surface area contributed by atoms with E-state index in [1.165, 1.54) is 0 Å². The second-order valence-corrected chi connectivity index (χ2v) is 6.20. The average Bonchev–Trinajstić information content (AvgIpc) is 2.61. The van der Waals surface area contributed by atoms with Crippen LogP contribution in [0.5, 0.6) is 5.75 Å². The van der Waals surface area contributed by atoms with Gasteiger partial charge >= 0.3 is 0 Å². The molecule has 0 bridgehead atoms. The molecule has 0 aliphatic heterocycles. The van der Waals surface area contributed by atoms with Crippen molar-refractivity contribution in [3.63, 3.8) is 0 Å². The Labute approximate surface area is 154 Å². The zero-order chi connectivity index (χ0) is 18.9. The van der Waals surface area contributed by atoms with Gasteiger partial charge in [0.1, 0.15) is 5.75 Å². The van der Waals surface area contributed by atoms with Crippen molar-refractivity contribution in [2.45, 2.75) is 46.1 Å². The fourth-order valence-electron chi connectivity index (χ4n) is 2.45. The predicted molar refractivity (Wildman–Crippen MR) is 104 cm³/mol. The van der Waals surface area contributed by atoms with Crippen molar-refractivity contribution in [2.75, 3.05) is 10.6 Å². The number of amides is 2. The van der Waals surface area contributed by atoms with E-state index in [4.69, 9.17) is 4.74 Å². The van der Waals surface area contributed by atoms with E-state index in [0.717, 1.165) is 12.0 Å². The number of hydrogen-bond acceptors (Lipinski definition) is 3. The number of nitrogens with one attached hydrogen (secondary N) is 2. The molecule has 0 fully saturated rings. The van der Waals surface area contributed by atoms with Gasteiger partial charge in [0.2, 0.25) is 5.91 Å². The Morgan fingerprint density at radius 1 is 1.00 bits per heavy atom. The minimum absolute atomic E-state index is 0.0369. The Morgan fingerprint density at radius 3 is 2.27 bits per heavy atom. The third-order valence-electron chi connectivity index (χ3n) is 3.85. The molecule has 138 valence electrons. The molecule has 0 unspecified atom stereocenters. The van der Waals surface area contributed by atoms with Gasteiger partial charge in [-0.25, -0.2) is 0 Å². The summed E-state index contributed by atoms with van der Waals surface area (Å²) < 4.78 is 5.80. The second kappa shape index (κ2) is 9.61. The van der Waals surface area contributed by atoms with E-state index in [-0.39, 0.29) is 11.8 Å². The largest absolute Gasteiger partial charge is 0.481 e. The van der Waals surface area contributed by atoms with Crippen LogP contribution in [0.25, 0.3) is 0 Å². The summed E-state index contributed by atoms with van der Waals surface area (Å²) in [6, 6.07) is 14.7. The molecule has 5 nitrogen and oxygen atoms in total. The summed E-state index contributed by atoms with van der Waals surface area (Å²) in [5, 5.41) is 5.68. The molecular weight excluding hydrogens is 328 g/mol. The normalized spacial score (nSPS) is 11.5. The van der Waals surface area contributed by atoms with E-state index in [9.17, 15) is 9.59 Å². The first-order chi connectivity index (χ1) is 12.5. The van der Waals surface area contributed by atoms with E-state index in [0.29, 0.717) is 30.0 Å². The van der Waals surface area contributed by atoms with Gasteiger partial charge in [-0.3, -0.25) is 9.59 Å². The number of aryl methyl sites for hydroxylation is 1. The molecular formula is C21H26N2O3. The summed E-state index contributed by atoms with van der Waals surface area (Å²) in [4.78, 5) is 24.2. The minimum Gasteiger partial charge on any atom is -0.481 e. The molecule has 5 heteroatoms. The monoisotopic (exact) mass is 354 g/mol. The molecule has 0 spiro atoms. The smallest absolute Gasteiger partial charge is 0.265 e. The number of hydrogen-bond donors (Lipinski definition) is 2. The van der Waals surface area contributed by atoms with Gasteiger partial charge < -0.3 is 15.4 Å². The van der Waals surface area contributed by atoms with Gasteiger partial charge in [0.05, 0.1) is 0 Å². The standard InChI is InChI=1S/C21H26N2O3/c1-4-7-20(24)22-16-8-6-9-17(14-16)23-21(25)19(5-2)26-18-12-10-15(3)11-13-18/h6,8-14,19H,4-5,7H2,1-3H3,(H,22,24)(H,23,25)/t19-/m1/s1. The molecule has 2 rings (SSSR count). The fourth-order valence-corrected chi connectivity index (χ4v) is 2.45. The van der Waals surface area contributed by atoms with Crippen molar-refractivity contribution in [1.29, 1.82) is 0 Å². The van der Waals surface area contributed by atoms with Gasteiger partial charge in [-0.15, -0.1) is 0 Å². The van der Waals surface area contributed by atoms with Crippen LogP contribution in [0.1, 0.15) is 38.7 Å². The van der Waals surface area contributed by atoms with Crippen molar-refractivity contribution < 1.29 is 14.3 Å². The predicted octanol–water partition coefficient (Wildman–Crippen LogP) is 4.53. The lowest BCUT2D eigenvalue weighted by Gasteiger charge is -2.18. The second-order valence-electron chi connectivity index (χ2n) is 6.20. The maximum Gasteiger partial charge on any atom is 0.265 e. The van der Waals surface area contributed by atoms with Crippen molar-refractivity contribution in [1.82, 2.24) is 0 Å². The van der Waals surface area contributed by atoms with E-state index in [1.807, 2.05) is 45.0 Å². The quantitative estimate of drug-likeness (QED) is 0.732. The third kappa shape index (κ3) is 5.92. The molecule has 26 heavy (non-hydrogen) atoms. The van der Waals surface area contributed by atoms with Gasteiger partial charge in [-0.1, -0.05) is 37.6 Å². The van der Waals surface area contributed by atoms with Crippen molar-refractivity contribution in [2.24, 2.45) is 0 Å². The highest BCUT2D eigenvalue weighted by molar-refractivity contribution is 5.96. The number of carbonyl (C=O) groups excluding carboxylic acids is 2. The van der Waals surface area contributed by atoms with E-state index in [2.05, 4.69) is 10.6 Å². The van der Waals surface area contributed by atoms with Gasteiger partial charge in [-0.05, 0) is 50.1 Å². The third-order valence-corrected chi connectivity index (χ3v) is 3.85. The molecule has 1 atom stereocenters. The highest BCUT2D eigenvalue weighted by Crippen LogP contribution is 2.18. The molecule has 2 amide bonds. The lowest BCUT2D eigenvalue weighted by atomic mass is 10.2. The fraction of sp³-hybridized carbons (Fsp3) is 0.333. The number of anilines is 2. The van der Waals surface area contributed by atoms with E-state index < -0.39 is 6.10 Å². The lowest BCUT2D eigenvalue weighted by Crippen LogP contribution is -2.32. The Kier molecular flexibility index (Phi) is 7.21. The van der Waals surface area contributed by atoms with Crippen LogP contribution >= 0.6 is 0 Å². The van der Waals surface area contributed by atoms with Crippen LogP contribution in [-0.4, -0.2) is 17.9 Å². The Bertz CT molecular complexity index is 741. The summed E-state index contributed by atoms with van der Waals surface area (Å²) in [5.74, 6) is 0.411. The van der Waals surface area contributed by atoms with Crippen molar-refractivity contribution >= 4 is 23.2 Å². The first-order valence-corrected chi connectivity index (χ1v) is 8.96. The summed E-state index contributed by atoms with van der Waals surface area (Å²) in [5.41, 5.74) is 2.42. The highest BCUT2D eigenvalue weighted by Gasteiger charge is 2.18. The van der Waals surface area contributed by atoms with Crippen LogP contribution in [0.15, 0.2) is 48.5 Å².